The second kappa shape index (κ2) is 4.80. The first-order chi connectivity index (χ1) is 5.91. The van der Waals surface area contributed by atoms with Crippen LogP contribution in [0.4, 0.5) is 0 Å². The van der Waals surface area contributed by atoms with E-state index in [-0.39, 0.29) is 17.5 Å². The Bertz CT molecular complexity index is 262. The van der Waals surface area contributed by atoms with E-state index in [1.54, 1.807) is 14.0 Å². The van der Waals surface area contributed by atoms with Crippen molar-refractivity contribution in [3.63, 3.8) is 0 Å². The van der Waals surface area contributed by atoms with Gasteiger partial charge >= 0.3 is 0 Å². The minimum Gasteiger partial charge on any atom is -0.511 e. The van der Waals surface area contributed by atoms with E-state index in [2.05, 4.69) is 4.99 Å². The Morgan fingerprint density at radius 1 is 1.31 bits per heavy atom. The molecule has 3 heteroatoms. The van der Waals surface area contributed by atoms with Crippen LogP contribution < -0.4 is 0 Å². The third-order valence-electron chi connectivity index (χ3n) is 1.85. The van der Waals surface area contributed by atoms with Gasteiger partial charge in [0.25, 0.3) is 0 Å². The van der Waals surface area contributed by atoms with Gasteiger partial charge in [-0.1, -0.05) is 13.8 Å². The first-order valence-corrected chi connectivity index (χ1v) is 4.29. The molecule has 13 heavy (non-hydrogen) atoms. The van der Waals surface area contributed by atoms with E-state index in [9.17, 15) is 9.90 Å². The maximum Gasteiger partial charge on any atom is 0.164 e. The fraction of sp³-hybridized carbons (Fsp3) is 0.600. The van der Waals surface area contributed by atoms with Crippen molar-refractivity contribution < 1.29 is 9.90 Å². The monoisotopic (exact) mass is 183 g/mol. The summed E-state index contributed by atoms with van der Waals surface area (Å²) in [7, 11) is 1.60. The maximum absolute atomic E-state index is 11.2. The quantitative estimate of drug-likeness (QED) is 0.414. The van der Waals surface area contributed by atoms with Gasteiger partial charge in [0, 0.05) is 18.7 Å². The third kappa shape index (κ3) is 3.01. The van der Waals surface area contributed by atoms with Gasteiger partial charge < -0.3 is 5.11 Å². The van der Waals surface area contributed by atoms with Crippen molar-refractivity contribution in [3.8, 4) is 0 Å². The normalized spacial score (nSPS) is 14.5. The first kappa shape index (κ1) is 11.9. The van der Waals surface area contributed by atoms with E-state index in [4.69, 9.17) is 0 Å². The van der Waals surface area contributed by atoms with Crippen LogP contribution in [0.3, 0.4) is 0 Å². The fourth-order valence-corrected chi connectivity index (χ4v) is 1.02. The Labute approximate surface area is 79.2 Å². The maximum atomic E-state index is 11.2. The van der Waals surface area contributed by atoms with Gasteiger partial charge in [0.2, 0.25) is 0 Å². The number of aliphatic hydroxyl groups excluding tert-OH is 1. The molecule has 0 heterocycles. The van der Waals surface area contributed by atoms with Crippen LogP contribution in [-0.2, 0) is 4.79 Å². The van der Waals surface area contributed by atoms with Crippen molar-refractivity contribution in [1.82, 2.24) is 0 Å². The Morgan fingerprint density at radius 3 is 2.00 bits per heavy atom. The molecule has 0 fully saturated rings. The zero-order valence-electron chi connectivity index (χ0n) is 8.88. The van der Waals surface area contributed by atoms with Gasteiger partial charge in [-0.3, -0.25) is 9.79 Å². The Kier molecular flexibility index (Phi) is 4.38. The number of rotatable bonds is 3. The van der Waals surface area contributed by atoms with Crippen LogP contribution in [0.1, 0.15) is 27.7 Å². The Morgan fingerprint density at radius 2 is 1.77 bits per heavy atom. The second-order valence-corrected chi connectivity index (χ2v) is 3.28. The molecule has 0 amide bonds. The van der Waals surface area contributed by atoms with Gasteiger partial charge in [-0.25, -0.2) is 0 Å². The Hall–Kier alpha value is -1.12. The first-order valence-electron chi connectivity index (χ1n) is 4.29. The summed E-state index contributed by atoms with van der Waals surface area (Å²) in [5, 5.41) is 9.64. The predicted molar refractivity (Wildman–Crippen MR) is 54.2 cm³/mol. The van der Waals surface area contributed by atoms with E-state index in [1.807, 2.05) is 13.8 Å². The lowest BCUT2D eigenvalue weighted by atomic mass is 10.0. The van der Waals surface area contributed by atoms with Crippen molar-refractivity contribution in [2.75, 3.05) is 7.05 Å². The number of ketones is 1. The summed E-state index contributed by atoms with van der Waals surface area (Å²) in [5.41, 5.74) is 0.927. The van der Waals surface area contributed by atoms with E-state index in [0.29, 0.717) is 11.3 Å². The SMILES string of the molecule is CN=C(C)/C(C(C)=O)=C(/O)C(C)C. The minimum atomic E-state index is -0.144. The molecular formula is C10H17NO2. The van der Waals surface area contributed by atoms with E-state index >= 15 is 0 Å². The van der Waals surface area contributed by atoms with E-state index in [0.717, 1.165) is 0 Å². The average molecular weight is 183 g/mol. The molecule has 0 radical (unpaired) electrons. The lowest BCUT2D eigenvalue weighted by Crippen LogP contribution is -2.13. The van der Waals surface area contributed by atoms with E-state index < -0.39 is 0 Å². The molecule has 3 nitrogen and oxygen atoms in total. The lowest BCUT2D eigenvalue weighted by molar-refractivity contribution is -0.113. The summed E-state index contributed by atoms with van der Waals surface area (Å²) in [6.45, 7) is 6.82. The number of hydrogen-bond donors (Lipinski definition) is 1. The summed E-state index contributed by atoms with van der Waals surface area (Å²) >= 11 is 0. The molecule has 0 atom stereocenters. The van der Waals surface area contributed by atoms with Crippen LogP contribution >= 0.6 is 0 Å². The van der Waals surface area contributed by atoms with Crippen molar-refractivity contribution in [1.29, 1.82) is 0 Å². The van der Waals surface area contributed by atoms with Crippen molar-refractivity contribution >= 4 is 11.5 Å². The van der Waals surface area contributed by atoms with Crippen LogP contribution in [0.2, 0.25) is 0 Å². The number of carbonyl (C=O) groups excluding carboxylic acids is 1. The summed E-state index contributed by atoms with van der Waals surface area (Å²) in [6, 6.07) is 0. The number of allylic oxidation sites excluding steroid dienone is 2. The zero-order valence-corrected chi connectivity index (χ0v) is 8.88. The molecule has 0 saturated carbocycles. The van der Waals surface area contributed by atoms with Crippen LogP contribution in [0.5, 0.6) is 0 Å². The topological polar surface area (TPSA) is 49.7 Å². The predicted octanol–water partition coefficient (Wildman–Crippen LogP) is 2.13. The molecule has 0 saturated heterocycles. The number of hydrogen-bond acceptors (Lipinski definition) is 3. The number of aliphatic hydroxyl groups is 1. The molecule has 0 aliphatic rings. The highest BCUT2D eigenvalue weighted by Gasteiger charge is 2.15. The molecule has 0 aromatic heterocycles. The fourth-order valence-electron chi connectivity index (χ4n) is 1.02. The minimum absolute atomic E-state index is 0.0457. The van der Waals surface area contributed by atoms with E-state index in [1.165, 1.54) is 6.92 Å². The highest BCUT2D eigenvalue weighted by molar-refractivity contribution is 6.21. The molecule has 0 rings (SSSR count). The molecule has 0 aromatic rings. The van der Waals surface area contributed by atoms with Crippen LogP contribution in [0, 0.1) is 5.92 Å². The molecule has 0 bridgehead atoms. The van der Waals surface area contributed by atoms with Crippen LogP contribution in [0.25, 0.3) is 0 Å². The average Bonchev–Trinajstić information content (AvgIpc) is 2.03. The molecule has 0 aliphatic carbocycles. The lowest BCUT2D eigenvalue weighted by Gasteiger charge is -2.09. The van der Waals surface area contributed by atoms with Crippen LogP contribution in [-0.4, -0.2) is 23.6 Å². The highest BCUT2D eigenvalue weighted by Crippen LogP contribution is 2.14. The Balaban J connectivity index is 5.25. The van der Waals surface area contributed by atoms with Gasteiger partial charge in [0.15, 0.2) is 5.78 Å². The summed E-state index contributed by atoms with van der Waals surface area (Å²) in [6.07, 6.45) is 0. The van der Waals surface area contributed by atoms with Crippen molar-refractivity contribution in [2.24, 2.45) is 10.9 Å². The van der Waals surface area contributed by atoms with Gasteiger partial charge in [-0.05, 0) is 13.8 Å². The smallest absolute Gasteiger partial charge is 0.164 e. The summed E-state index contributed by atoms with van der Waals surface area (Å²) in [4.78, 5) is 15.1. The number of Topliss-reactive ketones (excluding diaryl/α,β-unsaturated/α-hetero) is 1. The molecule has 1 N–H and O–H groups in total. The number of carbonyl (C=O) groups is 1. The van der Waals surface area contributed by atoms with Crippen LogP contribution in [0.15, 0.2) is 16.3 Å². The number of aliphatic imine (C=N–C) groups is 1. The molecule has 0 aromatic carbocycles. The molecule has 0 unspecified atom stereocenters. The second-order valence-electron chi connectivity index (χ2n) is 3.28. The summed E-state index contributed by atoms with van der Waals surface area (Å²) in [5.74, 6) is -0.0690. The van der Waals surface area contributed by atoms with Gasteiger partial charge in [0.1, 0.15) is 5.76 Å². The summed E-state index contributed by atoms with van der Waals surface area (Å²) < 4.78 is 0. The molecule has 0 spiro atoms. The van der Waals surface area contributed by atoms with Crippen molar-refractivity contribution in [2.45, 2.75) is 27.7 Å². The van der Waals surface area contributed by atoms with Gasteiger partial charge in [-0.15, -0.1) is 0 Å². The van der Waals surface area contributed by atoms with Gasteiger partial charge in [-0.2, -0.15) is 0 Å². The zero-order chi connectivity index (χ0) is 10.6. The molecule has 74 valence electrons. The largest absolute Gasteiger partial charge is 0.511 e. The number of nitrogens with zero attached hydrogens (tertiary/aromatic N) is 1. The third-order valence-corrected chi connectivity index (χ3v) is 1.85. The van der Waals surface area contributed by atoms with Crippen molar-refractivity contribution in [3.05, 3.63) is 11.3 Å². The standard InChI is InChI=1S/C10H17NO2/c1-6(2)10(13)9(8(4)12)7(3)11-5/h6,13H,1-5H3/b10-9-,11-7?. The molecule has 0 aliphatic heterocycles. The highest BCUT2D eigenvalue weighted by atomic mass is 16.3. The molecular weight excluding hydrogens is 166 g/mol. The van der Waals surface area contributed by atoms with Gasteiger partial charge in [0.05, 0.1) is 5.57 Å².